The molecule has 0 spiro atoms. The molecule has 5 rings (SSSR count). The van der Waals surface area contributed by atoms with E-state index in [0.29, 0.717) is 12.0 Å². The Morgan fingerprint density at radius 1 is 1.14 bits per heavy atom. The quantitative estimate of drug-likeness (QED) is 0.157. The van der Waals surface area contributed by atoms with Crippen molar-refractivity contribution in [2.75, 3.05) is 20.7 Å². The minimum absolute atomic E-state index is 0.212. The van der Waals surface area contributed by atoms with Crippen molar-refractivity contribution < 1.29 is 46.5 Å². The Labute approximate surface area is 290 Å². The first-order valence-electron chi connectivity index (χ1n) is 17.2. The molecule has 0 unspecified atom stereocenters. The molecule has 2 amide bonds. The molecule has 16 heteroatoms. The predicted molar refractivity (Wildman–Crippen MR) is 174 cm³/mol. The fourth-order valence-corrected chi connectivity index (χ4v) is 8.10. The third-order valence-corrected chi connectivity index (χ3v) is 10.6. The van der Waals surface area contributed by atoms with E-state index in [4.69, 9.17) is 23.8 Å². The van der Waals surface area contributed by atoms with Crippen LogP contribution in [0.15, 0.2) is 35.4 Å². The Balaban J connectivity index is 1.47. The maximum atomic E-state index is 14.0. The van der Waals surface area contributed by atoms with E-state index >= 15 is 0 Å². The number of hydrogen-bond acceptors (Lipinski definition) is 9. The van der Waals surface area contributed by atoms with Crippen LogP contribution in [0.4, 0.5) is 18.0 Å². The van der Waals surface area contributed by atoms with Crippen molar-refractivity contribution in [1.29, 1.82) is 0 Å². The summed E-state index contributed by atoms with van der Waals surface area (Å²) in [6.45, 7) is 9.52. The second-order valence-electron chi connectivity index (χ2n) is 15.0. The second kappa shape index (κ2) is 14.8. The summed E-state index contributed by atoms with van der Waals surface area (Å²) in [5.74, 6) is -1.98. The number of piperidine rings is 1. The lowest BCUT2D eigenvalue weighted by atomic mass is 9.82. The number of carbonyl (C=O) groups is 2. The van der Waals surface area contributed by atoms with Crippen molar-refractivity contribution in [2.45, 2.75) is 145 Å². The van der Waals surface area contributed by atoms with E-state index < -0.39 is 73.1 Å². The number of benzene rings is 1. The van der Waals surface area contributed by atoms with Gasteiger partial charge in [0.05, 0.1) is 24.3 Å². The summed E-state index contributed by atoms with van der Waals surface area (Å²) in [5.41, 5.74) is 9.31. The second-order valence-corrected chi connectivity index (χ2v) is 15.0. The number of hydroxylamine groups is 2. The zero-order valence-corrected chi connectivity index (χ0v) is 29.7. The summed E-state index contributed by atoms with van der Waals surface area (Å²) in [6.07, 6.45) is -7.39. The first-order chi connectivity index (χ1) is 23.5. The Hall–Kier alpha value is -3.14. The Morgan fingerprint density at radius 2 is 1.80 bits per heavy atom. The van der Waals surface area contributed by atoms with Gasteiger partial charge in [-0.3, -0.25) is 9.63 Å². The molecule has 4 fully saturated rings. The molecule has 3 saturated heterocycles. The summed E-state index contributed by atoms with van der Waals surface area (Å²) in [4.78, 5) is 37.6. The molecule has 9 atom stereocenters. The van der Waals surface area contributed by atoms with Gasteiger partial charge in [-0.1, -0.05) is 35.4 Å². The van der Waals surface area contributed by atoms with Crippen LogP contribution >= 0.6 is 0 Å². The monoisotopic (exact) mass is 710 g/mol. The van der Waals surface area contributed by atoms with E-state index in [1.54, 1.807) is 44.3 Å². The molecule has 0 bridgehead atoms. The summed E-state index contributed by atoms with van der Waals surface area (Å²) in [6, 6.07) is 6.18. The van der Waals surface area contributed by atoms with E-state index in [9.17, 15) is 28.3 Å². The van der Waals surface area contributed by atoms with Crippen molar-refractivity contribution in [3.05, 3.63) is 46.3 Å². The third kappa shape index (κ3) is 7.85. The number of likely N-dealkylation sites (N-methyl/N-ethyl adjacent to an activating group) is 1. The number of fused-ring (bicyclic) bond motifs is 1. The van der Waals surface area contributed by atoms with Crippen LogP contribution < -0.4 is 0 Å². The minimum Gasteiger partial charge on any atom is -0.441 e. The zero-order valence-electron chi connectivity index (χ0n) is 29.7. The van der Waals surface area contributed by atoms with Crippen molar-refractivity contribution >= 4 is 12.0 Å². The van der Waals surface area contributed by atoms with Gasteiger partial charge in [-0.2, -0.15) is 18.2 Å². The van der Waals surface area contributed by atoms with Gasteiger partial charge >= 0.3 is 18.2 Å². The number of azide groups is 1. The van der Waals surface area contributed by atoms with Gasteiger partial charge in [0.15, 0.2) is 12.4 Å². The number of halogens is 3. The number of ether oxygens (including phenoxy) is 4. The smallest absolute Gasteiger partial charge is 0.441 e. The molecule has 0 aromatic heterocycles. The summed E-state index contributed by atoms with van der Waals surface area (Å²) in [5, 5.41) is 5.94. The van der Waals surface area contributed by atoms with Gasteiger partial charge in [-0.25, -0.2) is 4.79 Å². The number of hydrogen-bond donors (Lipinski definition) is 0. The maximum absolute atomic E-state index is 14.0. The van der Waals surface area contributed by atoms with Crippen LogP contribution in [0, 0.1) is 0 Å². The lowest BCUT2D eigenvalue weighted by Crippen LogP contribution is -2.63. The average molecular weight is 711 g/mol. The topological polar surface area (TPSA) is 139 Å². The summed E-state index contributed by atoms with van der Waals surface area (Å²) >= 11 is 0. The SMILES string of the molecule is CO[C@H]1C[C@H](N=[N+]=[N-])[C@@H](O[C@H]2O[C@H](CN(C(=O)C(F)(F)F)[C@H](C)c3ccccc3)CC[C@H]2ON2C(C)(C)CCCC2(C)C)[C@@H]2OC(=O)N(C)[C@@H]21. The van der Waals surface area contributed by atoms with Gasteiger partial charge in [0.2, 0.25) is 0 Å². The van der Waals surface area contributed by atoms with Crippen LogP contribution in [0.1, 0.15) is 84.7 Å². The first-order valence-corrected chi connectivity index (χ1v) is 17.2. The zero-order chi connectivity index (χ0) is 36.6. The molecular formula is C34H49F3N6O7. The molecule has 1 aromatic carbocycles. The fourth-order valence-electron chi connectivity index (χ4n) is 8.10. The largest absolute Gasteiger partial charge is 0.471 e. The Kier molecular flexibility index (Phi) is 11.3. The number of amides is 2. The minimum atomic E-state index is -5.11. The van der Waals surface area contributed by atoms with Crippen LogP contribution in [-0.2, 0) is 28.6 Å². The number of methoxy groups -OCH3 is 1. The van der Waals surface area contributed by atoms with Crippen molar-refractivity contribution in [2.24, 2.45) is 5.11 Å². The molecule has 50 heavy (non-hydrogen) atoms. The first kappa shape index (κ1) is 38.1. The van der Waals surface area contributed by atoms with E-state index in [-0.39, 0.29) is 30.5 Å². The molecule has 4 aliphatic rings. The maximum Gasteiger partial charge on any atom is 0.471 e. The van der Waals surface area contributed by atoms with Gasteiger partial charge < -0.3 is 28.7 Å². The molecule has 3 heterocycles. The highest BCUT2D eigenvalue weighted by molar-refractivity contribution is 5.82. The summed E-state index contributed by atoms with van der Waals surface area (Å²) < 4.78 is 66.5. The van der Waals surface area contributed by atoms with Gasteiger partial charge in [0.1, 0.15) is 18.2 Å². The fraction of sp³-hybridized carbons (Fsp3) is 0.765. The molecule has 0 radical (unpaired) electrons. The lowest BCUT2D eigenvalue weighted by molar-refractivity contribution is -0.366. The van der Waals surface area contributed by atoms with Crippen molar-refractivity contribution in [1.82, 2.24) is 14.9 Å². The van der Waals surface area contributed by atoms with Crippen LogP contribution in [0.5, 0.6) is 0 Å². The van der Waals surface area contributed by atoms with Crippen LogP contribution in [0.2, 0.25) is 0 Å². The highest BCUT2D eigenvalue weighted by atomic mass is 19.4. The molecule has 278 valence electrons. The number of nitrogens with zero attached hydrogens (tertiary/aromatic N) is 6. The van der Waals surface area contributed by atoms with Crippen LogP contribution in [0.25, 0.3) is 10.4 Å². The molecule has 3 aliphatic heterocycles. The summed E-state index contributed by atoms with van der Waals surface area (Å²) in [7, 11) is 3.08. The molecule has 0 N–H and O–H groups in total. The van der Waals surface area contributed by atoms with Crippen LogP contribution in [-0.4, -0.2) is 114 Å². The molecule has 1 aliphatic carbocycles. The van der Waals surface area contributed by atoms with E-state index in [1.165, 1.54) is 12.0 Å². The van der Waals surface area contributed by atoms with E-state index in [1.807, 2.05) is 5.06 Å². The van der Waals surface area contributed by atoms with Crippen molar-refractivity contribution in [3.8, 4) is 0 Å². The highest BCUT2D eigenvalue weighted by Gasteiger charge is 2.57. The number of rotatable bonds is 10. The van der Waals surface area contributed by atoms with Crippen LogP contribution in [0.3, 0.4) is 0 Å². The van der Waals surface area contributed by atoms with Gasteiger partial charge in [0.25, 0.3) is 0 Å². The van der Waals surface area contributed by atoms with Gasteiger partial charge in [0, 0.05) is 36.7 Å². The molecular weight excluding hydrogens is 661 g/mol. The lowest BCUT2D eigenvalue weighted by Gasteiger charge is -2.54. The van der Waals surface area contributed by atoms with E-state index in [0.717, 1.165) is 24.2 Å². The number of carbonyl (C=O) groups excluding carboxylic acids is 2. The Morgan fingerprint density at radius 3 is 2.40 bits per heavy atom. The Bertz CT molecular complexity index is 1400. The predicted octanol–water partition coefficient (Wildman–Crippen LogP) is 6.29. The molecule has 1 aromatic rings. The average Bonchev–Trinajstić information content (AvgIpc) is 3.36. The number of alkyl halides is 3. The van der Waals surface area contributed by atoms with Gasteiger partial charge in [-0.05, 0) is 84.2 Å². The standard InChI is InChI=1S/C34H49F3N6O7/c1-20(21-12-9-8-10-13-21)42(30(44)34(35,36)37)19-22-14-15-24(50-43-32(2,3)16-11-17-33(43,4)5)29(47-22)48-27-23(39-40-38)18-25(46-7)26-28(27)49-31(45)41(26)6/h8-10,12-13,20,22-29H,11,14-19H2,1-7H3/t20-,22+,23+,24-,25+,26-,27-,28-,29-/m1/s1. The highest BCUT2D eigenvalue weighted by Crippen LogP contribution is 2.42. The molecule has 1 saturated carbocycles. The van der Waals surface area contributed by atoms with E-state index in [2.05, 4.69) is 37.7 Å². The van der Waals surface area contributed by atoms with Gasteiger partial charge in [-0.15, -0.1) is 0 Å². The van der Waals surface area contributed by atoms with Crippen molar-refractivity contribution in [3.63, 3.8) is 0 Å². The molecule has 13 nitrogen and oxygen atoms in total. The normalized spacial score (nSPS) is 33.2. The third-order valence-electron chi connectivity index (χ3n) is 10.6.